The van der Waals surface area contributed by atoms with Crippen LogP contribution in [0.1, 0.15) is 60.4 Å². The van der Waals surface area contributed by atoms with Gasteiger partial charge in [0.15, 0.2) is 0 Å². The van der Waals surface area contributed by atoms with Gasteiger partial charge in [0, 0.05) is 19.0 Å². The predicted molar refractivity (Wildman–Crippen MR) is 171 cm³/mol. The summed E-state index contributed by atoms with van der Waals surface area (Å²) in [7, 11) is -4.50. The highest BCUT2D eigenvalue weighted by Gasteiger charge is 2.70. The first-order valence-corrected chi connectivity index (χ1v) is 18.7. The van der Waals surface area contributed by atoms with Crippen LogP contribution in [-0.2, 0) is 29.2 Å². The topological polar surface area (TPSA) is 133 Å². The van der Waals surface area contributed by atoms with Gasteiger partial charge < -0.3 is 14.2 Å². The fourth-order valence-electron chi connectivity index (χ4n) is 10.0. The summed E-state index contributed by atoms with van der Waals surface area (Å²) in [4.78, 5) is 39.8. The van der Waals surface area contributed by atoms with Crippen LogP contribution in [0.2, 0.25) is 0 Å². The van der Waals surface area contributed by atoms with E-state index in [9.17, 15) is 27.4 Å². The lowest BCUT2D eigenvalue weighted by Gasteiger charge is -2.54. The summed E-state index contributed by atoms with van der Waals surface area (Å²) in [5.41, 5.74) is 0.902. The van der Waals surface area contributed by atoms with Crippen molar-refractivity contribution in [1.29, 1.82) is 0 Å². The molecular formula is C32H30I2O9S. The Morgan fingerprint density at radius 3 is 2.16 bits per heavy atom. The molecule has 0 amide bonds. The van der Waals surface area contributed by atoms with Crippen molar-refractivity contribution in [1.82, 2.24) is 0 Å². The summed E-state index contributed by atoms with van der Waals surface area (Å²) in [6, 6.07) is 9.70. The van der Waals surface area contributed by atoms with Crippen LogP contribution >= 0.6 is 45.2 Å². The van der Waals surface area contributed by atoms with Crippen LogP contribution in [0, 0.1) is 54.5 Å². The van der Waals surface area contributed by atoms with Gasteiger partial charge in [-0.2, -0.15) is 8.42 Å². The van der Waals surface area contributed by atoms with Gasteiger partial charge in [0.05, 0.1) is 22.3 Å². The number of ether oxygens (including phenoxy) is 3. The number of halogens is 2. The van der Waals surface area contributed by atoms with Crippen molar-refractivity contribution in [3.8, 4) is 5.75 Å². The molecule has 9 nitrogen and oxygen atoms in total. The first-order chi connectivity index (χ1) is 20.9. The summed E-state index contributed by atoms with van der Waals surface area (Å²) in [6.07, 6.45) is 4.57. The molecule has 7 aliphatic rings. The second-order valence-electron chi connectivity index (χ2n) is 13.6. The molecule has 2 aromatic rings. The smallest absolute Gasteiger partial charge is 0.338 e. The SMILES string of the molecule is O=C(OC1C2CC3C1OC(=O)C3C2C(=O)Oc1ccc(S(=O)(=O)O)c(C2C3CC4CC(C3)CC2C4)c1)c1cc(I)cc(I)c1. The van der Waals surface area contributed by atoms with Crippen LogP contribution in [0.15, 0.2) is 41.3 Å². The second-order valence-corrected chi connectivity index (χ2v) is 17.5. The summed E-state index contributed by atoms with van der Waals surface area (Å²) in [5, 5.41) is 0. The van der Waals surface area contributed by atoms with Gasteiger partial charge in [0.2, 0.25) is 0 Å². The highest BCUT2D eigenvalue weighted by molar-refractivity contribution is 14.1. The average Bonchev–Trinajstić information content (AvgIpc) is 3.55. The van der Waals surface area contributed by atoms with Crippen molar-refractivity contribution >= 4 is 73.2 Å². The van der Waals surface area contributed by atoms with Crippen molar-refractivity contribution in [2.24, 2.45) is 47.3 Å². The number of benzene rings is 2. The van der Waals surface area contributed by atoms with Crippen molar-refractivity contribution in [2.45, 2.75) is 61.5 Å². The van der Waals surface area contributed by atoms with E-state index in [1.165, 1.54) is 18.6 Å². The maximum Gasteiger partial charge on any atom is 0.338 e. The van der Waals surface area contributed by atoms with E-state index in [-0.39, 0.29) is 22.5 Å². The molecule has 232 valence electrons. The van der Waals surface area contributed by atoms with Crippen molar-refractivity contribution < 1.29 is 41.6 Å². The van der Waals surface area contributed by atoms with Crippen molar-refractivity contribution in [3.63, 3.8) is 0 Å². The maximum atomic E-state index is 13.8. The van der Waals surface area contributed by atoms with Gasteiger partial charge in [0.25, 0.3) is 10.1 Å². The Morgan fingerprint density at radius 1 is 0.864 bits per heavy atom. The number of hydrogen-bond donors (Lipinski definition) is 1. The van der Waals surface area contributed by atoms with Gasteiger partial charge in [-0.3, -0.25) is 14.1 Å². The largest absolute Gasteiger partial charge is 0.458 e. The molecule has 1 aliphatic heterocycles. The standard InChI is InChI=1S/C32H30I2O9S/c33-18-8-17(9-19(34)10-18)30(35)42-28-22-12-23-27(32(37)43-29(23)28)26(22)31(36)41-20-1-2-24(44(38,39)40)21(11-20)25-15-4-13-3-14(6-15)7-16(25)5-13/h1-2,8-11,13-16,22-23,25-29H,3-7,12H2,(H,38,39,40). The Morgan fingerprint density at radius 2 is 1.52 bits per heavy atom. The summed E-state index contributed by atoms with van der Waals surface area (Å²) in [5.74, 6) is -1.70. The maximum absolute atomic E-state index is 13.8. The molecule has 7 fully saturated rings. The molecule has 1 saturated heterocycles. The highest BCUT2D eigenvalue weighted by Crippen LogP contribution is 2.61. The third-order valence-electron chi connectivity index (χ3n) is 11.2. The minimum absolute atomic E-state index is 0.0284. The quantitative estimate of drug-likeness (QED) is 0.170. The van der Waals surface area contributed by atoms with Gasteiger partial charge in [-0.15, -0.1) is 0 Å². The van der Waals surface area contributed by atoms with E-state index in [1.54, 1.807) is 18.2 Å². The minimum atomic E-state index is -4.50. The molecule has 6 unspecified atom stereocenters. The van der Waals surface area contributed by atoms with Crippen LogP contribution in [0.3, 0.4) is 0 Å². The number of carbonyl (C=O) groups excluding carboxylic acids is 3. The fraction of sp³-hybridized carbons (Fsp3) is 0.531. The third kappa shape index (κ3) is 4.83. The van der Waals surface area contributed by atoms with Crippen LogP contribution in [0.4, 0.5) is 0 Å². The Labute approximate surface area is 282 Å². The van der Waals surface area contributed by atoms with E-state index in [2.05, 4.69) is 45.2 Å². The molecule has 1 N–H and O–H groups in total. The van der Waals surface area contributed by atoms with Crippen LogP contribution < -0.4 is 4.74 Å². The Bertz CT molecular complexity index is 1660. The van der Waals surface area contributed by atoms with E-state index in [4.69, 9.17) is 14.2 Å². The Kier molecular flexibility index (Phi) is 7.15. The zero-order chi connectivity index (χ0) is 30.7. The number of esters is 3. The summed E-state index contributed by atoms with van der Waals surface area (Å²) >= 11 is 4.27. The molecule has 0 radical (unpaired) electrons. The van der Waals surface area contributed by atoms with Crippen LogP contribution in [-0.4, -0.2) is 43.1 Å². The van der Waals surface area contributed by atoms with E-state index in [0.717, 1.165) is 32.8 Å². The van der Waals surface area contributed by atoms with Gasteiger partial charge in [-0.1, -0.05) is 0 Å². The molecule has 6 bridgehead atoms. The van der Waals surface area contributed by atoms with Gasteiger partial charge in [-0.05, 0) is 155 Å². The van der Waals surface area contributed by atoms with E-state index in [0.29, 0.717) is 41.2 Å². The fourth-order valence-corrected chi connectivity index (χ4v) is 12.7. The molecule has 6 saturated carbocycles. The number of fused-ring (bicyclic) bond motifs is 1. The molecule has 6 aliphatic carbocycles. The molecule has 0 spiro atoms. The molecule has 0 aromatic heterocycles. The first-order valence-electron chi connectivity index (χ1n) is 15.2. The lowest BCUT2D eigenvalue weighted by Crippen LogP contribution is -2.44. The van der Waals surface area contributed by atoms with E-state index in [1.807, 2.05) is 6.07 Å². The normalized spacial score (nSPS) is 37.7. The van der Waals surface area contributed by atoms with Crippen LogP contribution in [0.5, 0.6) is 5.75 Å². The molecule has 44 heavy (non-hydrogen) atoms. The molecule has 12 heteroatoms. The molecule has 1 heterocycles. The Hall–Kier alpha value is -1.78. The summed E-state index contributed by atoms with van der Waals surface area (Å²) < 4.78 is 54.3. The Balaban J connectivity index is 1.07. The highest BCUT2D eigenvalue weighted by atomic mass is 127. The summed E-state index contributed by atoms with van der Waals surface area (Å²) in [6.45, 7) is 0. The number of hydrogen-bond acceptors (Lipinski definition) is 8. The molecular weight excluding hydrogens is 814 g/mol. The van der Waals surface area contributed by atoms with Crippen molar-refractivity contribution in [3.05, 3.63) is 54.7 Å². The third-order valence-corrected chi connectivity index (χ3v) is 13.4. The zero-order valence-electron chi connectivity index (χ0n) is 23.4. The van der Waals surface area contributed by atoms with E-state index >= 15 is 0 Å². The zero-order valence-corrected chi connectivity index (χ0v) is 28.6. The minimum Gasteiger partial charge on any atom is -0.458 e. The predicted octanol–water partition coefficient (Wildman–Crippen LogP) is 5.62. The lowest BCUT2D eigenvalue weighted by atomic mass is 9.51. The monoisotopic (exact) mass is 844 g/mol. The first kappa shape index (κ1) is 29.6. The molecule has 2 aromatic carbocycles. The lowest BCUT2D eigenvalue weighted by molar-refractivity contribution is -0.149. The van der Waals surface area contributed by atoms with Gasteiger partial charge >= 0.3 is 17.9 Å². The van der Waals surface area contributed by atoms with Gasteiger partial charge in [-0.25, -0.2) is 4.79 Å². The second kappa shape index (κ2) is 10.6. The van der Waals surface area contributed by atoms with E-state index < -0.39 is 58.0 Å². The van der Waals surface area contributed by atoms with Crippen LogP contribution in [0.25, 0.3) is 0 Å². The molecule has 6 atom stereocenters. The number of carbonyl (C=O) groups is 3. The molecule has 9 rings (SSSR count). The number of rotatable bonds is 6. The van der Waals surface area contributed by atoms with Crippen molar-refractivity contribution in [2.75, 3.05) is 0 Å². The van der Waals surface area contributed by atoms with Gasteiger partial charge in [0.1, 0.15) is 18.0 Å². The average molecular weight is 844 g/mol.